The maximum Gasteiger partial charge on any atom is 0.262 e. The topological polar surface area (TPSA) is 130 Å². The highest BCUT2D eigenvalue weighted by Crippen LogP contribution is 2.24. The van der Waals surface area contributed by atoms with Crippen molar-refractivity contribution >= 4 is 24.4 Å². The van der Waals surface area contributed by atoms with Crippen molar-refractivity contribution in [3.8, 4) is 0 Å². The van der Waals surface area contributed by atoms with E-state index in [2.05, 4.69) is 15.6 Å². The summed E-state index contributed by atoms with van der Waals surface area (Å²) >= 11 is 0. The second-order valence-corrected chi connectivity index (χ2v) is 7.51. The van der Waals surface area contributed by atoms with Crippen molar-refractivity contribution in [1.82, 2.24) is 15.5 Å². The Kier molecular flexibility index (Phi) is 16.4. The molecule has 210 valence electrons. The molecular weight excluding hydrogens is 495 g/mol. The standard InChI is InChI=1S/C24H29FN4O6.C2H6.CH4/c1-16(23(32)28-8-9-34-3)20(31)12-27-11-18(10-17-4-6-19(25)7-5-17)21-13-29(15-30)14-22(35-21)24(33)26-2;1-2;/h4-7,11-13,15,22,31H,8-10,14H2,1-3H3,(H,26,33)(H,28,32);1-2H3;1H4/b18-11-,20-16-,27-12-;;. The number of halogens is 1. The number of allylic oxidation sites excluding steroid dienone is 2. The number of benzene rings is 1. The number of hydrogen-bond acceptors (Lipinski definition) is 7. The van der Waals surface area contributed by atoms with Crippen molar-refractivity contribution in [2.45, 2.75) is 40.7 Å². The van der Waals surface area contributed by atoms with Gasteiger partial charge in [-0.25, -0.2) is 4.39 Å². The Balaban J connectivity index is 0.00000445. The number of aliphatic hydroxyl groups is 1. The second-order valence-electron chi connectivity index (χ2n) is 7.51. The summed E-state index contributed by atoms with van der Waals surface area (Å²) in [6, 6.07) is 5.76. The monoisotopic (exact) mass is 534 g/mol. The Bertz CT molecular complexity index is 1030. The molecule has 11 heteroatoms. The van der Waals surface area contributed by atoms with Crippen LogP contribution in [0.2, 0.25) is 0 Å². The van der Waals surface area contributed by atoms with Crippen LogP contribution in [0.4, 0.5) is 4.39 Å². The zero-order chi connectivity index (χ0) is 27.8. The minimum absolute atomic E-state index is 0. The first-order valence-corrected chi connectivity index (χ1v) is 11.7. The van der Waals surface area contributed by atoms with E-state index < -0.39 is 23.7 Å². The molecule has 3 N–H and O–H groups in total. The summed E-state index contributed by atoms with van der Waals surface area (Å²) in [6.45, 7) is 6.08. The average molecular weight is 535 g/mol. The Morgan fingerprint density at radius 1 is 1.29 bits per heavy atom. The van der Waals surface area contributed by atoms with E-state index in [4.69, 9.17) is 9.47 Å². The summed E-state index contributed by atoms with van der Waals surface area (Å²) in [6.07, 6.45) is 3.73. The molecule has 0 fully saturated rings. The van der Waals surface area contributed by atoms with E-state index in [-0.39, 0.29) is 44.0 Å². The Labute approximate surface area is 223 Å². The van der Waals surface area contributed by atoms with Crippen molar-refractivity contribution < 1.29 is 33.4 Å². The van der Waals surface area contributed by atoms with Crippen LogP contribution < -0.4 is 10.6 Å². The van der Waals surface area contributed by atoms with Crippen LogP contribution in [-0.2, 0) is 30.3 Å². The van der Waals surface area contributed by atoms with Gasteiger partial charge < -0.3 is 30.1 Å². The van der Waals surface area contributed by atoms with Gasteiger partial charge >= 0.3 is 0 Å². The number of hydrogen-bond donors (Lipinski definition) is 3. The quantitative estimate of drug-likeness (QED) is 0.132. The fraction of sp³-hybridized carbons (Fsp3) is 0.407. The van der Waals surface area contributed by atoms with Gasteiger partial charge in [-0.05, 0) is 24.6 Å². The number of nitrogens with zero attached hydrogens (tertiary/aromatic N) is 2. The average Bonchev–Trinajstić information content (AvgIpc) is 2.93. The summed E-state index contributed by atoms with van der Waals surface area (Å²) in [7, 11) is 2.96. The number of likely N-dealkylation sites (N-methyl/N-ethyl adjacent to an activating group) is 1. The molecule has 1 aliphatic heterocycles. The predicted molar refractivity (Wildman–Crippen MR) is 145 cm³/mol. The zero-order valence-corrected chi connectivity index (χ0v) is 21.8. The lowest BCUT2D eigenvalue weighted by Gasteiger charge is -2.29. The molecular formula is C27H39FN4O6. The van der Waals surface area contributed by atoms with Crippen LogP contribution in [0.1, 0.15) is 33.8 Å². The maximum absolute atomic E-state index is 13.3. The van der Waals surface area contributed by atoms with Gasteiger partial charge in [0, 0.05) is 45.1 Å². The number of ether oxygens (including phenoxy) is 2. The number of methoxy groups -OCH3 is 1. The lowest BCUT2D eigenvalue weighted by Crippen LogP contribution is -2.44. The molecule has 0 saturated carbocycles. The van der Waals surface area contributed by atoms with E-state index in [1.54, 1.807) is 12.1 Å². The van der Waals surface area contributed by atoms with E-state index in [0.717, 1.165) is 6.21 Å². The Morgan fingerprint density at radius 3 is 2.53 bits per heavy atom. The highest BCUT2D eigenvalue weighted by molar-refractivity contribution is 5.98. The first kappa shape index (κ1) is 34.0. The predicted octanol–water partition coefficient (Wildman–Crippen LogP) is 3.02. The number of nitrogens with one attached hydrogen (secondary N) is 2. The second kappa shape index (κ2) is 18.3. The minimum atomic E-state index is -0.947. The summed E-state index contributed by atoms with van der Waals surface area (Å²) < 4.78 is 24.0. The Hall–Kier alpha value is -3.99. The van der Waals surface area contributed by atoms with Crippen LogP contribution in [-0.4, -0.2) is 74.4 Å². The number of aliphatic hydroxyl groups excluding tert-OH is 1. The molecule has 2 rings (SSSR count). The number of carbonyl (C=O) groups is 3. The molecule has 0 saturated heterocycles. The molecule has 0 aliphatic carbocycles. The Morgan fingerprint density at radius 2 is 1.95 bits per heavy atom. The van der Waals surface area contributed by atoms with Crippen LogP contribution in [0.5, 0.6) is 0 Å². The molecule has 38 heavy (non-hydrogen) atoms. The third kappa shape index (κ3) is 11.0. The van der Waals surface area contributed by atoms with Gasteiger partial charge in [0.2, 0.25) is 6.41 Å². The highest BCUT2D eigenvalue weighted by Gasteiger charge is 2.28. The van der Waals surface area contributed by atoms with E-state index in [1.165, 1.54) is 50.5 Å². The van der Waals surface area contributed by atoms with Crippen molar-refractivity contribution in [2.75, 3.05) is 33.9 Å². The number of amides is 3. The summed E-state index contributed by atoms with van der Waals surface area (Å²) in [5.41, 5.74) is 1.21. The third-order valence-electron chi connectivity index (χ3n) is 4.97. The van der Waals surface area contributed by atoms with Gasteiger partial charge in [0.05, 0.1) is 24.9 Å². The third-order valence-corrected chi connectivity index (χ3v) is 4.97. The van der Waals surface area contributed by atoms with E-state index in [1.807, 2.05) is 13.8 Å². The molecule has 1 aliphatic rings. The van der Waals surface area contributed by atoms with Crippen molar-refractivity contribution in [3.05, 3.63) is 70.7 Å². The highest BCUT2D eigenvalue weighted by atomic mass is 19.1. The van der Waals surface area contributed by atoms with Gasteiger partial charge in [0.15, 0.2) is 6.10 Å². The summed E-state index contributed by atoms with van der Waals surface area (Å²) in [4.78, 5) is 41.0. The largest absolute Gasteiger partial charge is 0.506 e. The number of aliphatic imine (C=N–C) groups is 1. The van der Waals surface area contributed by atoms with Crippen molar-refractivity contribution in [1.29, 1.82) is 0 Å². The van der Waals surface area contributed by atoms with E-state index >= 15 is 0 Å². The van der Waals surface area contributed by atoms with Crippen LogP contribution in [0, 0.1) is 5.82 Å². The molecule has 0 bridgehead atoms. The van der Waals surface area contributed by atoms with E-state index in [0.29, 0.717) is 24.2 Å². The van der Waals surface area contributed by atoms with Crippen LogP contribution in [0.15, 0.2) is 64.3 Å². The van der Waals surface area contributed by atoms with E-state index in [9.17, 15) is 23.9 Å². The lowest BCUT2D eigenvalue weighted by atomic mass is 10.0. The molecule has 1 aromatic rings. The molecule has 1 unspecified atom stereocenters. The van der Waals surface area contributed by atoms with Crippen molar-refractivity contribution in [2.24, 2.45) is 4.99 Å². The number of rotatable bonds is 11. The smallest absolute Gasteiger partial charge is 0.262 e. The fourth-order valence-electron chi connectivity index (χ4n) is 2.97. The van der Waals surface area contributed by atoms with Gasteiger partial charge in [0.1, 0.15) is 17.3 Å². The zero-order valence-electron chi connectivity index (χ0n) is 21.8. The molecule has 0 spiro atoms. The van der Waals surface area contributed by atoms with Crippen molar-refractivity contribution in [3.63, 3.8) is 0 Å². The molecule has 3 amide bonds. The minimum Gasteiger partial charge on any atom is -0.506 e. The van der Waals surface area contributed by atoms with Gasteiger partial charge in [-0.3, -0.25) is 19.4 Å². The first-order valence-electron chi connectivity index (χ1n) is 11.7. The molecule has 0 aromatic heterocycles. The maximum atomic E-state index is 13.3. The van der Waals surface area contributed by atoms with Crippen LogP contribution >= 0.6 is 0 Å². The molecule has 1 aromatic carbocycles. The van der Waals surface area contributed by atoms with Gasteiger partial charge in [0.25, 0.3) is 11.8 Å². The lowest BCUT2D eigenvalue weighted by molar-refractivity contribution is -0.133. The van der Waals surface area contributed by atoms with Gasteiger partial charge in [-0.2, -0.15) is 0 Å². The van der Waals surface area contributed by atoms with Crippen LogP contribution in [0.25, 0.3) is 0 Å². The summed E-state index contributed by atoms with van der Waals surface area (Å²) in [5.74, 6) is -1.44. The normalized spacial score (nSPS) is 15.6. The molecule has 0 radical (unpaired) electrons. The fourth-order valence-corrected chi connectivity index (χ4v) is 2.97. The number of carbonyl (C=O) groups excluding carboxylic acids is 3. The first-order chi connectivity index (χ1) is 17.8. The molecule has 1 heterocycles. The SMILES string of the molecule is C.CC.CNC(=O)C1CN(C=O)C=C(\C(=C/N=C\C(O)=C(/C)C(=O)NCCOC)Cc2ccc(F)cc2)O1. The molecule has 1 atom stereocenters. The summed E-state index contributed by atoms with van der Waals surface area (Å²) in [5, 5.41) is 15.3. The molecule has 10 nitrogen and oxygen atoms in total. The van der Waals surface area contributed by atoms with Gasteiger partial charge in [-0.15, -0.1) is 0 Å². The van der Waals surface area contributed by atoms with Gasteiger partial charge in [-0.1, -0.05) is 33.4 Å². The van der Waals surface area contributed by atoms with Crippen LogP contribution in [0.3, 0.4) is 0 Å².